The standard InChI is InChI=1S/C13H8Cl2N2/c14-10-1-4-12(5-2-10)17-8-9-7-11(15)3-6-13(9)16-17/h1-8H. The number of rotatable bonds is 1. The van der Waals surface area contributed by atoms with Gasteiger partial charge in [0.25, 0.3) is 0 Å². The Morgan fingerprint density at radius 1 is 0.882 bits per heavy atom. The van der Waals surface area contributed by atoms with Crippen molar-refractivity contribution >= 4 is 34.1 Å². The van der Waals surface area contributed by atoms with Crippen LogP contribution in [0.1, 0.15) is 0 Å². The summed E-state index contributed by atoms with van der Waals surface area (Å²) in [5.41, 5.74) is 1.89. The van der Waals surface area contributed by atoms with Gasteiger partial charge >= 0.3 is 0 Å². The molecule has 0 aliphatic heterocycles. The first-order chi connectivity index (χ1) is 8.22. The Kier molecular flexibility index (Phi) is 2.54. The number of benzene rings is 2. The van der Waals surface area contributed by atoms with Crippen LogP contribution in [0, 0.1) is 0 Å². The summed E-state index contributed by atoms with van der Waals surface area (Å²) in [5.74, 6) is 0. The highest BCUT2D eigenvalue weighted by Crippen LogP contribution is 2.20. The van der Waals surface area contributed by atoms with Crippen LogP contribution in [-0.2, 0) is 0 Å². The van der Waals surface area contributed by atoms with E-state index in [1.807, 2.05) is 53.3 Å². The fraction of sp³-hybridized carbons (Fsp3) is 0. The molecule has 17 heavy (non-hydrogen) atoms. The highest BCUT2D eigenvalue weighted by atomic mass is 35.5. The van der Waals surface area contributed by atoms with Gasteiger partial charge in [0.05, 0.1) is 11.2 Å². The third kappa shape index (κ3) is 2.02. The van der Waals surface area contributed by atoms with E-state index in [4.69, 9.17) is 23.2 Å². The molecule has 3 aromatic rings. The van der Waals surface area contributed by atoms with Crippen LogP contribution < -0.4 is 0 Å². The Hall–Kier alpha value is -1.51. The summed E-state index contributed by atoms with van der Waals surface area (Å²) >= 11 is 11.8. The van der Waals surface area contributed by atoms with Gasteiger partial charge in [-0.05, 0) is 42.5 Å². The predicted molar refractivity (Wildman–Crippen MR) is 71.1 cm³/mol. The monoisotopic (exact) mass is 262 g/mol. The average molecular weight is 263 g/mol. The first kappa shape index (κ1) is 10.6. The summed E-state index contributed by atoms with van der Waals surface area (Å²) < 4.78 is 1.82. The van der Waals surface area contributed by atoms with E-state index in [1.54, 1.807) is 0 Å². The molecule has 3 rings (SSSR count). The van der Waals surface area contributed by atoms with E-state index in [1.165, 1.54) is 0 Å². The molecular weight excluding hydrogens is 255 g/mol. The molecule has 0 aliphatic rings. The van der Waals surface area contributed by atoms with Crippen molar-refractivity contribution in [3.05, 3.63) is 58.7 Å². The summed E-state index contributed by atoms with van der Waals surface area (Å²) in [6.07, 6.45) is 1.95. The largest absolute Gasteiger partial charge is 0.240 e. The van der Waals surface area contributed by atoms with Gasteiger partial charge < -0.3 is 0 Å². The van der Waals surface area contributed by atoms with Crippen molar-refractivity contribution in [3.63, 3.8) is 0 Å². The molecule has 0 unspecified atom stereocenters. The molecule has 0 amide bonds. The van der Waals surface area contributed by atoms with E-state index in [-0.39, 0.29) is 0 Å². The van der Waals surface area contributed by atoms with Crippen molar-refractivity contribution in [2.24, 2.45) is 0 Å². The Bertz CT molecular complexity index is 671. The van der Waals surface area contributed by atoms with Crippen LogP contribution in [0.15, 0.2) is 48.7 Å². The molecule has 0 atom stereocenters. The Morgan fingerprint density at radius 3 is 2.35 bits per heavy atom. The Morgan fingerprint density at radius 2 is 1.59 bits per heavy atom. The third-order valence-corrected chi connectivity index (χ3v) is 3.04. The fourth-order valence-electron chi connectivity index (χ4n) is 1.72. The molecule has 0 fully saturated rings. The molecule has 1 aromatic heterocycles. The van der Waals surface area contributed by atoms with Crippen LogP contribution in [0.25, 0.3) is 16.6 Å². The zero-order valence-corrected chi connectivity index (χ0v) is 10.3. The lowest BCUT2D eigenvalue weighted by molar-refractivity contribution is 0.896. The molecule has 0 saturated carbocycles. The van der Waals surface area contributed by atoms with Gasteiger partial charge in [-0.1, -0.05) is 23.2 Å². The molecule has 84 valence electrons. The fourth-order valence-corrected chi connectivity index (χ4v) is 2.03. The number of halogens is 2. The second-order valence-corrected chi connectivity index (χ2v) is 4.63. The van der Waals surface area contributed by atoms with E-state index >= 15 is 0 Å². The second kappa shape index (κ2) is 4.06. The molecule has 0 bridgehead atoms. The summed E-state index contributed by atoms with van der Waals surface area (Å²) in [5, 5.41) is 6.92. The molecule has 1 heterocycles. The van der Waals surface area contributed by atoms with Crippen molar-refractivity contribution in [2.75, 3.05) is 0 Å². The van der Waals surface area contributed by atoms with Crippen molar-refractivity contribution in [1.29, 1.82) is 0 Å². The molecule has 4 heteroatoms. The summed E-state index contributed by atoms with van der Waals surface area (Å²) in [6, 6.07) is 13.2. The first-order valence-corrected chi connectivity index (χ1v) is 5.89. The average Bonchev–Trinajstić information content (AvgIpc) is 2.72. The van der Waals surface area contributed by atoms with Crippen LogP contribution in [0.2, 0.25) is 10.0 Å². The first-order valence-electron chi connectivity index (χ1n) is 5.13. The van der Waals surface area contributed by atoms with E-state index < -0.39 is 0 Å². The van der Waals surface area contributed by atoms with Crippen molar-refractivity contribution in [1.82, 2.24) is 9.78 Å². The lowest BCUT2D eigenvalue weighted by Gasteiger charge is -1.99. The number of fused-ring (bicyclic) bond motifs is 1. The van der Waals surface area contributed by atoms with Gasteiger partial charge in [-0.25, -0.2) is 4.68 Å². The van der Waals surface area contributed by atoms with Gasteiger partial charge in [0.15, 0.2) is 0 Å². The van der Waals surface area contributed by atoms with Gasteiger partial charge in [-0.3, -0.25) is 0 Å². The van der Waals surface area contributed by atoms with Crippen molar-refractivity contribution in [2.45, 2.75) is 0 Å². The van der Waals surface area contributed by atoms with Gasteiger partial charge in [0.1, 0.15) is 0 Å². The smallest absolute Gasteiger partial charge is 0.0928 e. The quantitative estimate of drug-likeness (QED) is 0.638. The van der Waals surface area contributed by atoms with Gasteiger partial charge in [0, 0.05) is 21.6 Å². The second-order valence-electron chi connectivity index (χ2n) is 3.75. The lowest BCUT2D eigenvalue weighted by atomic mass is 10.3. The zero-order valence-electron chi connectivity index (χ0n) is 8.77. The van der Waals surface area contributed by atoms with Crippen LogP contribution in [0.5, 0.6) is 0 Å². The SMILES string of the molecule is Clc1ccc(-n2cc3cc(Cl)ccc3n2)cc1. The Labute approximate surface area is 108 Å². The zero-order chi connectivity index (χ0) is 11.8. The highest BCUT2D eigenvalue weighted by Gasteiger charge is 2.03. The molecule has 0 radical (unpaired) electrons. The molecule has 0 N–H and O–H groups in total. The maximum Gasteiger partial charge on any atom is 0.0928 e. The van der Waals surface area contributed by atoms with E-state index in [0.717, 1.165) is 16.6 Å². The third-order valence-electron chi connectivity index (χ3n) is 2.56. The van der Waals surface area contributed by atoms with Crippen molar-refractivity contribution in [3.8, 4) is 5.69 Å². The van der Waals surface area contributed by atoms with Crippen LogP contribution in [-0.4, -0.2) is 9.78 Å². The van der Waals surface area contributed by atoms with Gasteiger partial charge in [-0.2, -0.15) is 5.10 Å². The molecule has 0 spiro atoms. The number of aromatic nitrogens is 2. The van der Waals surface area contributed by atoms with Crippen molar-refractivity contribution < 1.29 is 0 Å². The predicted octanol–water partition coefficient (Wildman–Crippen LogP) is 4.33. The molecular formula is C13H8Cl2N2. The number of hydrogen-bond donors (Lipinski definition) is 0. The van der Waals surface area contributed by atoms with Gasteiger partial charge in [0.2, 0.25) is 0 Å². The van der Waals surface area contributed by atoms with E-state index in [2.05, 4.69) is 5.10 Å². The van der Waals surface area contributed by atoms with E-state index in [9.17, 15) is 0 Å². The van der Waals surface area contributed by atoms with Crippen LogP contribution in [0.4, 0.5) is 0 Å². The van der Waals surface area contributed by atoms with E-state index in [0.29, 0.717) is 10.0 Å². The summed E-state index contributed by atoms with van der Waals surface area (Å²) in [6.45, 7) is 0. The minimum Gasteiger partial charge on any atom is -0.240 e. The maximum atomic E-state index is 5.94. The minimum atomic E-state index is 0.716. The molecule has 2 aromatic carbocycles. The summed E-state index contributed by atoms with van der Waals surface area (Å²) in [4.78, 5) is 0. The topological polar surface area (TPSA) is 17.8 Å². The van der Waals surface area contributed by atoms with Crippen LogP contribution in [0.3, 0.4) is 0 Å². The molecule has 0 saturated heterocycles. The summed E-state index contributed by atoms with van der Waals surface area (Å²) in [7, 11) is 0. The van der Waals surface area contributed by atoms with Crippen LogP contribution >= 0.6 is 23.2 Å². The Balaban J connectivity index is 2.14. The maximum absolute atomic E-state index is 5.94. The highest BCUT2D eigenvalue weighted by molar-refractivity contribution is 6.31. The normalized spacial score (nSPS) is 10.9. The molecule has 0 aliphatic carbocycles. The lowest BCUT2D eigenvalue weighted by Crippen LogP contribution is -1.92. The molecule has 2 nitrogen and oxygen atoms in total. The minimum absolute atomic E-state index is 0.716. The number of hydrogen-bond acceptors (Lipinski definition) is 1. The number of nitrogens with zero attached hydrogens (tertiary/aromatic N) is 2. The van der Waals surface area contributed by atoms with Gasteiger partial charge in [-0.15, -0.1) is 0 Å².